The molecule has 3 aromatic rings. The van der Waals surface area contributed by atoms with Crippen molar-refractivity contribution in [3.8, 4) is 11.5 Å². The van der Waals surface area contributed by atoms with Gasteiger partial charge in [0.25, 0.3) is 5.91 Å². The number of carbonyl (C=O) groups excluding carboxylic acids is 2. The molecule has 146 valence electrons. The van der Waals surface area contributed by atoms with E-state index in [1.807, 2.05) is 48.5 Å². The maximum absolute atomic E-state index is 13.1. The fourth-order valence-electron chi connectivity index (χ4n) is 3.24. The van der Waals surface area contributed by atoms with Crippen LogP contribution in [0.2, 0.25) is 5.02 Å². The highest BCUT2D eigenvalue weighted by Crippen LogP contribution is 2.44. The van der Waals surface area contributed by atoms with Gasteiger partial charge in [-0.1, -0.05) is 48.0 Å². The number of halogens is 1. The number of nitrogens with one attached hydrogen (secondary N) is 1. The summed E-state index contributed by atoms with van der Waals surface area (Å²) in [5.74, 6) is -0.388. The SMILES string of the molecule is C[C@H](OC(=O)C1c2ccccc2Oc2ccccc21)C(=O)Nc1ccc(Cl)cc1. The van der Waals surface area contributed by atoms with E-state index in [1.54, 1.807) is 31.2 Å². The number of anilines is 1. The number of fused-ring (bicyclic) bond motifs is 2. The first-order valence-electron chi connectivity index (χ1n) is 9.15. The molecule has 4 rings (SSSR count). The van der Waals surface area contributed by atoms with Crippen LogP contribution >= 0.6 is 11.6 Å². The normalized spacial score (nSPS) is 13.4. The lowest BCUT2D eigenvalue weighted by molar-refractivity contribution is -0.153. The average Bonchev–Trinajstić information content (AvgIpc) is 2.73. The van der Waals surface area contributed by atoms with Crippen molar-refractivity contribution in [2.24, 2.45) is 0 Å². The number of hydrogen-bond acceptors (Lipinski definition) is 4. The topological polar surface area (TPSA) is 64.6 Å². The monoisotopic (exact) mass is 407 g/mol. The molecular formula is C23H18ClNO4. The molecule has 0 aromatic heterocycles. The standard InChI is InChI=1S/C23H18ClNO4/c1-14(22(26)25-16-12-10-15(24)11-13-16)28-23(27)21-17-6-2-4-8-19(17)29-20-9-5-3-7-18(20)21/h2-14,21H,1H3,(H,25,26)/t14-/m0/s1. The third kappa shape index (κ3) is 3.96. The number of rotatable bonds is 4. The van der Waals surface area contributed by atoms with E-state index in [0.717, 1.165) is 0 Å². The van der Waals surface area contributed by atoms with Crippen molar-refractivity contribution in [2.75, 3.05) is 5.32 Å². The van der Waals surface area contributed by atoms with Gasteiger partial charge < -0.3 is 14.8 Å². The molecule has 0 aliphatic carbocycles. The van der Waals surface area contributed by atoms with Crippen molar-refractivity contribution in [1.29, 1.82) is 0 Å². The Bertz CT molecular complexity index is 1020. The molecular weight excluding hydrogens is 390 g/mol. The summed E-state index contributed by atoms with van der Waals surface area (Å²) < 4.78 is 11.4. The summed E-state index contributed by atoms with van der Waals surface area (Å²) in [6.07, 6.45) is -0.972. The van der Waals surface area contributed by atoms with E-state index in [9.17, 15) is 9.59 Å². The molecule has 0 saturated heterocycles. The van der Waals surface area contributed by atoms with Crippen LogP contribution in [0.4, 0.5) is 5.69 Å². The van der Waals surface area contributed by atoms with Crippen LogP contribution in [0.25, 0.3) is 0 Å². The van der Waals surface area contributed by atoms with Crippen molar-refractivity contribution in [2.45, 2.75) is 18.9 Å². The maximum Gasteiger partial charge on any atom is 0.318 e. The average molecular weight is 408 g/mol. The lowest BCUT2D eigenvalue weighted by Crippen LogP contribution is -2.32. The maximum atomic E-state index is 13.1. The molecule has 6 heteroatoms. The van der Waals surface area contributed by atoms with E-state index in [4.69, 9.17) is 21.1 Å². The van der Waals surface area contributed by atoms with E-state index < -0.39 is 23.9 Å². The van der Waals surface area contributed by atoms with Gasteiger partial charge in [0.2, 0.25) is 0 Å². The Morgan fingerprint density at radius 3 is 2.07 bits per heavy atom. The fraction of sp³-hybridized carbons (Fsp3) is 0.130. The summed E-state index contributed by atoms with van der Waals surface area (Å²) >= 11 is 5.86. The van der Waals surface area contributed by atoms with Crippen molar-refractivity contribution in [1.82, 2.24) is 0 Å². The molecule has 1 atom stereocenters. The Morgan fingerprint density at radius 2 is 1.48 bits per heavy atom. The Morgan fingerprint density at radius 1 is 0.931 bits per heavy atom. The van der Waals surface area contributed by atoms with Gasteiger partial charge in [0.1, 0.15) is 17.4 Å². The lowest BCUT2D eigenvalue weighted by atomic mass is 9.88. The van der Waals surface area contributed by atoms with Gasteiger partial charge in [-0.3, -0.25) is 9.59 Å². The zero-order chi connectivity index (χ0) is 20.4. The van der Waals surface area contributed by atoms with E-state index in [2.05, 4.69) is 5.32 Å². The highest BCUT2D eigenvalue weighted by atomic mass is 35.5. The Kier molecular flexibility index (Phi) is 5.23. The van der Waals surface area contributed by atoms with Crippen LogP contribution < -0.4 is 10.1 Å². The molecule has 29 heavy (non-hydrogen) atoms. The minimum atomic E-state index is -0.972. The van der Waals surface area contributed by atoms with Crippen molar-refractivity contribution >= 4 is 29.2 Å². The van der Waals surface area contributed by atoms with Crippen LogP contribution in [0.1, 0.15) is 24.0 Å². The number of ether oxygens (including phenoxy) is 2. The van der Waals surface area contributed by atoms with Gasteiger partial charge in [0.15, 0.2) is 6.10 Å². The first-order chi connectivity index (χ1) is 14.0. The van der Waals surface area contributed by atoms with Crippen LogP contribution in [-0.2, 0) is 14.3 Å². The summed E-state index contributed by atoms with van der Waals surface area (Å²) in [6, 6.07) is 21.3. The molecule has 0 spiro atoms. The molecule has 0 fully saturated rings. The van der Waals surface area contributed by atoms with E-state index >= 15 is 0 Å². The van der Waals surface area contributed by atoms with E-state index in [1.165, 1.54) is 0 Å². The van der Waals surface area contributed by atoms with Crippen molar-refractivity contribution < 1.29 is 19.1 Å². The largest absolute Gasteiger partial charge is 0.457 e. The molecule has 1 N–H and O–H groups in total. The van der Waals surface area contributed by atoms with Crippen LogP contribution in [0.15, 0.2) is 72.8 Å². The first kappa shape index (κ1) is 19.0. The zero-order valence-electron chi connectivity index (χ0n) is 15.6. The third-order valence-electron chi connectivity index (χ3n) is 4.69. The van der Waals surface area contributed by atoms with E-state index in [0.29, 0.717) is 33.3 Å². The molecule has 5 nitrogen and oxygen atoms in total. The Balaban J connectivity index is 1.53. The number of esters is 1. The summed E-state index contributed by atoms with van der Waals surface area (Å²) in [5.41, 5.74) is 1.99. The van der Waals surface area contributed by atoms with E-state index in [-0.39, 0.29) is 0 Å². The minimum absolute atomic E-state index is 0.422. The smallest absolute Gasteiger partial charge is 0.318 e. The second kappa shape index (κ2) is 7.97. The van der Waals surface area contributed by atoms with Gasteiger partial charge in [-0.05, 0) is 43.3 Å². The predicted molar refractivity (Wildman–Crippen MR) is 110 cm³/mol. The van der Waals surface area contributed by atoms with Gasteiger partial charge in [0, 0.05) is 21.8 Å². The van der Waals surface area contributed by atoms with Gasteiger partial charge in [0.05, 0.1) is 0 Å². The highest BCUT2D eigenvalue weighted by molar-refractivity contribution is 6.30. The number of hydrogen-bond donors (Lipinski definition) is 1. The van der Waals surface area contributed by atoms with Crippen LogP contribution in [0.3, 0.4) is 0 Å². The van der Waals surface area contributed by atoms with Crippen molar-refractivity contribution in [3.63, 3.8) is 0 Å². The Hall–Kier alpha value is -3.31. The van der Waals surface area contributed by atoms with Gasteiger partial charge in [-0.15, -0.1) is 0 Å². The fourth-order valence-corrected chi connectivity index (χ4v) is 3.36. The molecule has 0 bridgehead atoms. The van der Waals surface area contributed by atoms with Crippen LogP contribution in [-0.4, -0.2) is 18.0 Å². The molecule has 3 aromatic carbocycles. The molecule has 1 amide bonds. The summed E-state index contributed by atoms with van der Waals surface area (Å²) in [5, 5.41) is 3.28. The quantitative estimate of drug-likeness (QED) is 0.607. The summed E-state index contributed by atoms with van der Waals surface area (Å²) in [6.45, 7) is 1.54. The molecule has 0 unspecified atom stereocenters. The van der Waals surface area contributed by atoms with Crippen LogP contribution in [0, 0.1) is 0 Å². The second-order valence-electron chi connectivity index (χ2n) is 6.69. The third-order valence-corrected chi connectivity index (χ3v) is 4.94. The lowest BCUT2D eigenvalue weighted by Gasteiger charge is -2.27. The van der Waals surface area contributed by atoms with Crippen molar-refractivity contribution in [3.05, 3.63) is 88.9 Å². The minimum Gasteiger partial charge on any atom is -0.457 e. The van der Waals surface area contributed by atoms with Gasteiger partial charge in [-0.25, -0.2) is 0 Å². The number of benzene rings is 3. The zero-order valence-corrected chi connectivity index (χ0v) is 16.3. The number of para-hydroxylation sites is 2. The molecule has 0 saturated carbocycles. The molecule has 1 aliphatic rings. The van der Waals surface area contributed by atoms with Crippen LogP contribution in [0.5, 0.6) is 11.5 Å². The molecule has 1 heterocycles. The van der Waals surface area contributed by atoms with Gasteiger partial charge >= 0.3 is 5.97 Å². The summed E-state index contributed by atoms with van der Waals surface area (Å²) in [4.78, 5) is 25.5. The molecule has 0 radical (unpaired) electrons. The number of carbonyl (C=O) groups is 2. The Labute approximate surface area is 173 Å². The molecule has 1 aliphatic heterocycles. The second-order valence-corrected chi connectivity index (χ2v) is 7.12. The number of amides is 1. The first-order valence-corrected chi connectivity index (χ1v) is 9.53. The predicted octanol–water partition coefficient (Wildman–Crippen LogP) is 5.15. The van der Waals surface area contributed by atoms with Gasteiger partial charge in [-0.2, -0.15) is 0 Å². The highest BCUT2D eigenvalue weighted by Gasteiger charge is 2.35. The summed E-state index contributed by atoms with van der Waals surface area (Å²) in [7, 11) is 0.